The van der Waals surface area contributed by atoms with Crippen molar-refractivity contribution in [3.8, 4) is 0 Å². The molecule has 4 heterocycles. The molecule has 0 saturated carbocycles. The Bertz CT molecular complexity index is 3440. The number of nitrogen functional groups attached to an aromatic ring is 4. The van der Waals surface area contributed by atoms with Gasteiger partial charge in [0.1, 0.15) is 0 Å². The van der Waals surface area contributed by atoms with E-state index < -0.39 is 97.6 Å². The first-order valence-corrected chi connectivity index (χ1v) is 32.5. The van der Waals surface area contributed by atoms with Gasteiger partial charge in [0.05, 0.1) is 0 Å². The molecular formula is C48H52GeN16O8S4. The molecule has 0 aliphatic heterocycles. The summed E-state index contributed by atoms with van der Waals surface area (Å²) in [5.41, 5.74) is 25.3. The number of nitrogens with zero attached hydrogens (tertiary/aromatic N) is 12. The van der Waals surface area contributed by atoms with Crippen molar-refractivity contribution in [3.63, 3.8) is 0 Å². The van der Waals surface area contributed by atoms with Crippen LogP contribution in [0.4, 0.5) is 46.5 Å². The summed E-state index contributed by atoms with van der Waals surface area (Å²) in [5.74, 6) is -3.81. The topological polar surface area (TPSA) is 357 Å². The van der Waals surface area contributed by atoms with Crippen molar-refractivity contribution in [3.05, 3.63) is 167 Å². The third-order valence-electron chi connectivity index (χ3n) is 11.4. The summed E-state index contributed by atoms with van der Waals surface area (Å²) in [4.78, 5) is 34.5. The van der Waals surface area contributed by atoms with E-state index in [-0.39, 0.29) is 68.3 Å². The van der Waals surface area contributed by atoms with Gasteiger partial charge in [0.15, 0.2) is 0 Å². The van der Waals surface area contributed by atoms with E-state index in [1.165, 1.54) is 128 Å². The van der Waals surface area contributed by atoms with Crippen molar-refractivity contribution < 1.29 is 33.7 Å². The number of anilines is 8. The maximum absolute atomic E-state index is 17.1. The van der Waals surface area contributed by atoms with Crippen LogP contribution >= 0.6 is 0 Å². The predicted molar refractivity (Wildman–Crippen MR) is 294 cm³/mol. The molecule has 400 valence electrons. The number of aromatic nitrogens is 8. The Morgan fingerprint density at radius 2 is 0.429 bits per heavy atom. The summed E-state index contributed by atoms with van der Waals surface area (Å²) in [5, 5.41) is 0. The standard InChI is InChI=1S/C48H52GeN16O8S4/c1-29-25-30(2)55-45(54-29)62(74(66,67)41-17-9-37(50)10-18-41)49(63(46-56-31(3)26-32(4)57-46)75(68,69)42-19-11-38(51)12-20-42,64(47-58-33(5)27-34(6)59-47)76(70,71)43-21-13-39(52)14-22-43)65(48-60-35(7)28-36(8)61-48)77(72,73)44-23-15-40(53)16-24-44/h9-28H,50-53H2,1-8H3. The van der Waals surface area contributed by atoms with Gasteiger partial charge in [-0.2, -0.15) is 0 Å². The van der Waals surface area contributed by atoms with Crippen LogP contribution in [0, 0.1) is 55.4 Å². The number of sulfonamides is 4. The van der Waals surface area contributed by atoms with Crippen LogP contribution in [0.2, 0.25) is 0 Å². The van der Waals surface area contributed by atoms with Crippen molar-refractivity contribution in [2.45, 2.75) is 75.0 Å². The van der Waals surface area contributed by atoms with E-state index in [4.69, 9.17) is 22.9 Å². The molecule has 8 rings (SSSR count). The van der Waals surface area contributed by atoms with E-state index in [0.29, 0.717) is 13.0 Å². The van der Waals surface area contributed by atoms with E-state index in [9.17, 15) is 0 Å². The van der Waals surface area contributed by atoms with Gasteiger partial charge in [0.25, 0.3) is 0 Å². The first kappa shape index (κ1) is 55.2. The molecule has 8 aromatic rings. The van der Waals surface area contributed by atoms with Crippen molar-refractivity contribution >= 4 is 101 Å². The first-order chi connectivity index (χ1) is 36.1. The van der Waals surface area contributed by atoms with Gasteiger partial charge in [-0.1, -0.05) is 0 Å². The first-order valence-electron chi connectivity index (χ1n) is 23.0. The number of hydrogen-bond acceptors (Lipinski definition) is 20. The number of aryl methyl sites for hydroxylation is 8. The van der Waals surface area contributed by atoms with E-state index in [0.717, 1.165) is 48.5 Å². The van der Waals surface area contributed by atoms with Crippen LogP contribution in [0.25, 0.3) is 0 Å². The fraction of sp³-hybridized carbons (Fsp3) is 0.167. The van der Waals surface area contributed by atoms with E-state index >= 15 is 33.7 Å². The van der Waals surface area contributed by atoms with Gasteiger partial charge in [-0.05, 0) is 0 Å². The number of rotatable bonds is 16. The summed E-state index contributed by atoms with van der Waals surface area (Å²) in [7, 11) is -23.4. The third kappa shape index (κ3) is 10.5. The zero-order valence-corrected chi connectivity index (χ0v) is 48.0. The van der Waals surface area contributed by atoms with Crippen LogP contribution in [-0.4, -0.2) is 87.7 Å². The van der Waals surface area contributed by atoms with Crippen LogP contribution in [-0.2, 0) is 40.1 Å². The minimum absolute atomic E-state index is 0.0445. The molecular weight excluding hydrogens is 1130 g/mol. The Hall–Kier alpha value is -8.06. The molecule has 4 aromatic carbocycles. The average Bonchev–Trinajstić information content (AvgIpc) is 3.31. The Morgan fingerprint density at radius 1 is 0.286 bits per heavy atom. The molecule has 0 saturated heterocycles. The molecule has 0 spiro atoms. The maximum atomic E-state index is 17.1. The fourth-order valence-electron chi connectivity index (χ4n) is 8.28. The van der Waals surface area contributed by atoms with Gasteiger partial charge in [-0.15, -0.1) is 0 Å². The Kier molecular flexibility index (Phi) is 14.7. The second-order valence-electron chi connectivity index (χ2n) is 17.8. The molecule has 0 atom stereocenters. The van der Waals surface area contributed by atoms with E-state index in [2.05, 4.69) is 39.9 Å². The number of nitrogens with two attached hydrogens (primary N) is 4. The van der Waals surface area contributed by atoms with Gasteiger partial charge in [-0.25, -0.2) is 0 Å². The molecule has 0 amide bonds. The number of hydrogen-bond donors (Lipinski definition) is 4. The molecule has 4 aromatic heterocycles. The number of benzene rings is 4. The molecule has 0 fully saturated rings. The van der Waals surface area contributed by atoms with Crippen LogP contribution in [0.15, 0.2) is 141 Å². The minimum atomic E-state index is -8.50. The van der Waals surface area contributed by atoms with Crippen molar-refractivity contribution in [1.82, 2.24) is 39.9 Å². The second kappa shape index (κ2) is 20.5. The van der Waals surface area contributed by atoms with Crippen molar-refractivity contribution in [1.29, 1.82) is 0 Å². The van der Waals surface area contributed by atoms with Crippen molar-refractivity contribution in [2.75, 3.05) is 36.0 Å². The van der Waals surface area contributed by atoms with Crippen LogP contribution in [0.5, 0.6) is 0 Å². The summed E-state index contributed by atoms with van der Waals surface area (Å²) >= 11 is -8.50. The average molecular weight is 1180 g/mol. The summed E-state index contributed by atoms with van der Waals surface area (Å²) in [6, 6.07) is 23.9. The molecule has 0 aliphatic carbocycles. The molecule has 0 aliphatic rings. The van der Waals surface area contributed by atoms with E-state index in [1.807, 2.05) is 0 Å². The SMILES string of the molecule is Cc1cc(C)nc([N](S(=O)(=O)c2ccc(N)cc2)[Ge]([N](c2nc(C)cc(C)n2)S(=O)(=O)c2ccc(N)cc2)([N](c2nc(C)cc(C)n2)S(=O)(=O)c2ccc(N)cc2)[N](c2nc(C)cc(C)n2)S(=O)(=O)c2ccc(N)cc2)n1. The normalized spacial score (nSPS) is 12.3. The zero-order valence-electron chi connectivity index (χ0n) is 42.6. The van der Waals surface area contributed by atoms with Crippen LogP contribution in [0.1, 0.15) is 45.6 Å². The molecule has 0 bridgehead atoms. The summed E-state index contributed by atoms with van der Waals surface area (Å²) in [6.07, 6.45) is 0. The Balaban J connectivity index is 1.87. The van der Waals surface area contributed by atoms with Crippen LogP contribution in [0.3, 0.4) is 0 Å². The molecule has 24 nitrogen and oxygen atoms in total. The molecule has 29 heteroatoms. The summed E-state index contributed by atoms with van der Waals surface area (Å²) < 4.78 is 138. The fourth-order valence-corrected chi connectivity index (χ4v) is 36.2. The molecule has 0 radical (unpaired) electrons. The van der Waals surface area contributed by atoms with Gasteiger partial charge < -0.3 is 0 Å². The summed E-state index contributed by atoms with van der Waals surface area (Å²) in [6.45, 7) is 11.7. The van der Waals surface area contributed by atoms with Crippen LogP contribution < -0.4 is 36.0 Å². The quantitative estimate of drug-likeness (QED) is 0.0733. The third-order valence-corrected chi connectivity index (χ3v) is 34.8. The Labute approximate surface area is 449 Å². The monoisotopic (exact) mass is 1180 g/mol. The Morgan fingerprint density at radius 3 is 0.571 bits per heavy atom. The second-order valence-corrected chi connectivity index (χ2v) is 33.9. The molecule has 77 heavy (non-hydrogen) atoms. The van der Waals surface area contributed by atoms with Crippen molar-refractivity contribution in [2.24, 2.45) is 0 Å². The zero-order chi connectivity index (χ0) is 56.2. The van der Waals surface area contributed by atoms with Gasteiger partial charge >= 0.3 is 452 Å². The van der Waals surface area contributed by atoms with Gasteiger partial charge in [0, 0.05) is 0 Å². The van der Waals surface area contributed by atoms with Gasteiger partial charge in [0.2, 0.25) is 0 Å². The molecule has 0 unspecified atom stereocenters. The van der Waals surface area contributed by atoms with Gasteiger partial charge in [-0.3, -0.25) is 0 Å². The predicted octanol–water partition coefficient (Wildman–Crippen LogP) is 4.96. The molecule has 8 N–H and O–H groups in total. The van der Waals surface area contributed by atoms with E-state index in [1.54, 1.807) is 0 Å².